The van der Waals surface area contributed by atoms with E-state index in [-0.39, 0.29) is 23.5 Å². The third-order valence-electron chi connectivity index (χ3n) is 2.74. The zero-order valence-electron chi connectivity index (χ0n) is 8.80. The molecule has 1 aliphatic heterocycles. The van der Waals surface area contributed by atoms with Crippen molar-refractivity contribution in [2.75, 3.05) is 18.9 Å². The van der Waals surface area contributed by atoms with Gasteiger partial charge in [0.15, 0.2) is 5.82 Å². The first-order chi connectivity index (χ1) is 7.59. The molecule has 0 aromatic carbocycles. The standard InChI is InChI=1S/C9H15N5O2/c10-6-1-2-16-4-7(6)14-3-5(9(12)15)8(11)13-14/h3,6-7H,1-2,4,10H2,(H2,11,13)(H2,12,15)/t6?,7-/m1/s1. The van der Waals surface area contributed by atoms with E-state index in [9.17, 15) is 4.79 Å². The average Bonchev–Trinajstić information content (AvgIpc) is 2.61. The van der Waals surface area contributed by atoms with Crippen molar-refractivity contribution in [3.63, 3.8) is 0 Å². The molecule has 7 nitrogen and oxygen atoms in total. The Bertz CT molecular complexity index is 403. The Balaban J connectivity index is 2.26. The summed E-state index contributed by atoms with van der Waals surface area (Å²) in [5.74, 6) is -0.459. The van der Waals surface area contributed by atoms with Crippen LogP contribution in [0.5, 0.6) is 0 Å². The molecular formula is C9H15N5O2. The van der Waals surface area contributed by atoms with Crippen LogP contribution in [-0.4, -0.2) is 34.9 Å². The summed E-state index contributed by atoms with van der Waals surface area (Å²) in [4.78, 5) is 11.0. The summed E-state index contributed by atoms with van der Waals surface area (Å²) < 4.78 is 6.89. The molecular weight excluding hydrogens is 210 g/mol. The van der Waals surface area contributed by atoms with E-state index >= 15 is 0 Å². The van der Waals surface area contributed by atoms with Gasteiger partial charge in [0.25, 0.3) is 5.91 Å². The number of carbonyl (C=O) groups excluding carboxylic acids is 1. The van der Waals surface area contributed by atoms with Crippen LogP contribution in [0, 0.1) is 0 Å². The molecule has 1 fully saturated rings. The number of amides is 1. The lowest BCUT2D eigenvalue weighted by molar-refractivity contribution is 0.0425. The molecule has 88 valence electrons. The Kier molecular flexibility index (Phi) is 2.80. The Morgan fingerprint density at radius 2 is 2.38 bits per heavy atom. The second kappa shape index (κ2) is 4.11. The molecule has 6 N–H and O–H groups in total. The number of carbonyl (C=O) groups is 1. The van der Waals surface area contributed by atoms with E-state index < -0.39 is 5.91 Å². The zero-order chi connectivity index (χ0) is 11.7. The predicted octanol–water partition coefficient (Wildman–Crippen LogP) is -1.15. The summed E-state index contributed by atoms with van der Waals surface area (Å²) in [6.45, 7) is 1.12. The number of ether oxygens (including phenoxy) is 1. The Hall–Kier alpha value is -1.60. The smallest absolute Gasteiger partial charge is 0.254 e. The number of hydrogen-bond acceptors (Lipinski definition) is 5. The molecule has 1 unspecified atom stereocenters. The molecule has 2 atom stereocenters. The highest BCUT2D eigenvalue weighted by Crippen LogP contribution is 2.20. The third-order valence-corrected chi connectivity index (χ3v) is 2.74. The van der Waals surface area contributed by atoms with Crippen molar-refractivity contribution in [3.05, 3.63) is 11.8 Å². The molecule has 0 radical (unpaired) electrons. The molecule has 16 heavy (non-hydrogen) atoms. The SMILES string of the molecule is NC(=O)c1cn([C@@H]2COCCC2N)nc1N. The number of nitrogen functional groups attached to an aromatic ring is 1. The minimum absolute atomic E-state index is 0.0474. The van der Waals surface area contributed by atoms with Crippen LogP contribution in [0.4, 0.5) is 5.82 Å². The first-order valence-electron chi connectivity index (χ1n) is 5.07. The van der Waals surface area contributed by atoms with E-state index in [4.69, 9.17) is 21.9 Å². The van der Waals surface area contributed by atoms with Gasteiger partial charge < -0.3 is 21.9 Å². The molecule has 1 amide bonds. The van der Waals surface area contributed by atoms with Crippen molar-refractivity contribution in [1.29, 1.82) is 0 Å². The van der Waals surface area contributed by atoms with Crippen LogP contribution in [0.15, 0.2) is 6.20 Å². The highest BCUT2D eigenvalue weighted by Gasteiger charge is 2.26. The maximum atomic E-state index is 11.0. The van der Waals surface area contributed by atoms with Crippen LogP contribution >= 0.6 is 0 Å². The first kappa shape index (κ1) is 10.9. The van der Waals surface area contributed by atoms with Crippen LogP contribution < -0.4 is 17.2 Å². The highest BCUT2D eigenvalue weighted by atomic mass is 16.5. The average molecular weight is 225 g/mol. The van der Waals surface area contributed by atoms with Gasteiger partial charge in [0.2, 0.25) is 0 Å². The summed E-state index contributed by atoms with van der Waals surface area (Å²) in [7, 11) is 0. The normalized spacial score (nSPS) is 25.6. The van der Waals surface area contributed by atoms with Crippen LogP contribution in [0.25, 0.3) is 0 Å². The fraction of sp³-hybridized carbons (Fsp3) is 0.556. The van der Waals surface area contributed by atoms with Gasteiger partial charge in [-0.2, -0.15) is 5.10 Å². The number of nitrogens with zero attached hydrogens (tertiary/aromatic N) is 2. The fourth-order valence-electron chi connectivity index (χ4n) is 1.78. The Morgan fingerprint density at radius 3 is 2.94 bits per heavy atom. The van der Waals surface area contributed by atoms with Gasteiger partial charge in [-0.25, -0.2) is 0 Å². The molecule has 0 bridgehead atoms. The van der Waals surface area contributed by atoms with Crippen molar-refractivity contribution in [2.45, 2.75) is 18.5 Å². The summed E-state index contributed by atoms with van der Waals surface area (Å²) in [6.07, 6.45) is 2.28. The van der Waals surface area contributed by atoms with Gasteiger partial charge in [-0.1, -0.05) is 0 Å². The van der Waals surface area contributed by atoms with Crippen molar-refractivity contribution >= 4 is 11.7 Å². The van der Waals surface area contributed by atoms with Crippen molar-refractivity contribution < 1.29 is 9.53 Å². The van der Waals surface area contributed by atoms with Crippen molar-refractivity contribution in [3.8, 4) is 0 Å². The minimum atomic E-state index is -0.589. The van der Waals surface area contributed by atoms with E-state index in [1.807, 2.05) is 0 Å². The molecule has 0 spiro atoms. The monoisotopic (exact) mass is 225 g/mol. The van der Waals surface area contributed by atoms with E-state index in [1.165, 1.54) is 6.20 Å². The topological polar surface area (TPSA) is 122 Å². The predicted molar refractivity (Wildman–Crippen MR) is 57.6 cm³/mol. The van der Waals surface area contributed by atoms with E-state index in [0.717, 1.165) is 6.42 Å². The number of hydrogen-bond donors (Lipinski definition) is 3. The van der Waals surface area contributed by atoms with Crippen LogP contribution in [0.3, 0.4) is 0 Å². The van der Waals surface area contributed by atoms with Crippen molar-refractivity contribution in [2.24, 2.45) is 11.5 Å². The molecule has 0 aliphatic carbocycles. The Labute approximate surface area is 92.5 Å². The van der Waals surface area contributed by atoms with E-state index in [2.05, 4.69) is 5.10 Å². The third kappa shape index (κ3) is 1.86. The molecule has 1 aromatic heterocycles. The quantitative estimate of drug-likeness (QED) is 0.586. The lowest BCUT2D eigenvalue weighted by atomic mass is 10.1. The summed E-state index contributed by atoms with van der Waals surface area (Å²) in [5.41, 5.74) is 16.9. The first-order valence-corrected chi connectivity index (χ1v) is 5.07. The molecule has 2 heterocycles. The zero-order valence-corrected chi connectivity index (χ0v) is 8.80. The largest absolute Gasteiger partial charge is 0.382 e. The maximum Gasteiger partial charge on any atom is 0.254 e. The second-order valence-corrected chi connectivity index (χ2v) is 3.87. The molecule has 1 aromatic rings. The van der Waals surface area contributed by atoms with E-state index in [0.29, 0.717) is 13.2 Å². The van der Waals surface area contributed by atoms with Gasteiger partial charge in [-0.3, -0.25) is 9.48 Å². The Morgan fingerprint density at radius 1 is 1.62 bits per heavy atom. The van der Waals surface area contributed by atoms with Gasteiger partial charge in [0.05, 0.1) is 12.6 Å². The van der Waals surface area contributed by atoms with Crippen LogP contribution in [0.2, 0.25) is 0 Å². The molecule has 1 aliphatic rings. The summed E-state index contributed by atoms with van der Waals surface area (Å²) in [6, 6.07) is -0.141. The highest BCUT2D eigenvalue weighted by molar-refractivity contribution is 5.96. The summed E-state index contributed by atoms with van der Waals surface area (Å²) in [5, 5.41) is 4.04. The number of anilines is 1. The molecule has 1 saturated heterocycles. The molecule has 0 saturated carbocycles. The summed E-state index contributed by atoms with van der Waals surface area (Å²) >= 11 is 0. The van der Waals surface area contributed by atoms with Gasteiger partial charge in [-0.15, -0.1) is 0 Å². The van der Waals surface area contributed by atoms with Gasteiger partial charge in [-0.05, 0) is 6.42 Å². The van der Waals surface area contributed by atoms with Crippen LogP contribution in [-0.2, 0) is 4.74 Å². The lowest BCUT2D eigenvalue weighted by Gasteiger charge is -2.28. The van der Waals surface area contributed by atoms with E-state index in [1.54, 1.807) is 4.68 Å². The van der Waals surface area contributed by atoms with Gasteiger partial charge in [0.1, 0.15) is 5.56 Å². The molecule has 7 heteroatoms. The van der Waals surface area contributed by atoms with Crippen LogP contribution in [0.1, 0.15) is 22.8 Å². The number of nitrogens with two attached hydrogens (primary N) is 3. The fourth-order valence-corrected chi connectivity index (χ4v) is 1.78. The number of primary amides is 1. The van der Waals surface area contributed by atoms with Gasteiger partial charge >= 0.3 is 0 Å². The maximum absolute atomic E-state index is 11.0. The van der Waals surface area contributed by atoms with Crippen molar-refractivity contribution in [1.82, 2.24) is 9.78 Å². The lowest BCUT2D eigenvalue weighted by Crippen LogP contribution is -2.40. The molecule has 2 rings (SSSR count). The second-order valence-electron chi connectivity index (χ2n) is 3.87. The van der Waals surface area contributed by atoms with Gasteiger partial charge in [0, 0.05) is 18.8 Å². The number of rotatable bonds is 2. The number of aromatic nitrogens is 2. The minimum Gasteiger partial charge on any atom is -0.382 e.